The van der Waals surface area contributed by atoms with Crippen molar-refractivity contribution in [2.75, 3.05) is 6.61 Å². The van der Waals surface area contributed by atoms with E-state index in [-0.39, 0.29) is 12.3 Å². The molecule has 24 heavy (non-hydrogen) atoms. The minimum atomic E-state index is -0.454. The molecule has 0 bridgehead atoms. The molecule has 0 unspecified atom stereocenters. The number of hydrogen-bond donors (Lipinski definition) is 0. The molecule has 0 amide bonds. The van der Waals surface area contributed by atoms with E-state index < -0.39 is 5.97 Å². The molecule has 5 heteroatoms. The van der Waals surface area contributed by atoms with Gasteiger partial charge in [-0.3, -0.25) is 0 Å². The van der Waals surface area contributed by atoms with Crippen molar-refractivity contribution in [2.45, 2.75) is 6.92 Å². The first kappa shape index (κ1) is 16.3. The Labute approximate surface area is 145 Å². The number of benzene rings is 2. The van der Waals surface area contributed by atoms with Gasteiger partial charge in [-0.2, -0.15) is 0 Å². The van der Waals surface area contributed by atoms with Crippen LogP contribution in [0.2, 0.25) is 5.02 Å². The average Bonchev–Trinajstić information content (AvgIpc) is 2.94. The number of rotatable bonds is 4. The van der Waals surface area contributed by atoms with E-state index >= 15 is 0 Å². The molecular formula is C19H17ClN2O2. The van der Waals surface area contributed by atoms with Crippen LogP contribution in [-0.2, 0) is 11.8 Å². The summed E-state index contributed by atoms with van der Waals surface area (Å²) in [6.45, 7) is 2.06. The molecular weight excluding hydrogens is 324 g/mol. The Balaban J connectivity index is 2.24. The molecule has 0 fully saturated rings. The van der Waals surface area contributed by atoms with Crippen LogP contribution in [0.3, 0.4) is 0 Å². The van der Waals surface area contributed by atoms with Crippen molar-refractivity contribution in [2.24, 2.45) is 7.05 Å². The predicted octanol–water partition coefficient (Wildman–Crippen LogP) is 4.58. The summed E-state index contributed by atoms with van der Waals surface area (Å²) in [5.74, 6) is 0.235. The van der Waals surface area contributed by atoms with Gasteiger partial charge in [0.1, 0.15) is 5.82 Å². The normalized spacial score (nSPS) is 10.6. The molecule has 2 aromatic carbocycles. The van der Waals surface area contributed by atoms with E-state index in [1.54, 1.807) is 13.0 Å². The lowest BCUT2D eigenvalue weighted by molar-refractivity contribution is 0.0521. The van der Waals surface area contributed by atoms with Crippen LogP contribution in [0, 0.1) is 0 Å². The second kappa shape index (κ2) is 6.89. The summed E-state index contributed by atoms with van der Waals surface area (Å²) in [6, 6.07) is 17.1. The third-order valence-corrected chi connectivity index (χ3v) is 4.05. The summed E-state index contributed by atoms with van der Waals surface area (Å²) in [6.07, 6.45) is 0. The van der Waals surface area contributed by atoms with Crippen LogP contribution in [0.5, 0.6) is 0 Å². The van der Waals surface area contributed by atoms with Gasteiger partial charge >= 0.3 is 5.97 Å². The Hall–Kier alpha value is -2.59. The summed E-state index contributed by atoms with van der Waals surface area (Å²) in [7, 11) is 1.87. The van der Waals surface area contributed by atoms with Crippen molar-refractivity contribution >= 4 is 17.6 Å². The van der Waals surface area contributed by atoms with Crippen LogP contribution in [0.15, 0.2) is 54.6 Å². The Bertz CT molecular complexity index is 872. The molecule has 1 aromatic heterocycles. The van der Waals surface area contributed by atoms with Gasteiger partial charge in [0.2, 0.25) is 0 Å². The summed E-state index contributed by atoms with van der Waals surface area (Å²) >= 11 is 6.35. The molecule has 3 rings (SSSR count). The summed E-state index contributed by atoms with van der Waals surface area (Å²) < 4.78 is 7.05. The SMILES string of the molecule is CCOC(=O)c1nc(-c2ccccc2)n(C)c1-c1ccccc1Cl. The van der Waals surface area contributed by atoms with Crippen LogP contribution in [0.4, 0.5) is 0 Å². The molecule has 0 aliphatic heterocycles. The molecule has 0 saturated carbocycles. The Morgan fingerprint density at radius 2 is 1.79 bits per heavy atom. The van der Waals surface area contributed by atoms with Crippen molar-refractivity contribution in [3.63, 3.8) is 0 Å². The van der Waals surface area contributed by atoms with Gasteiger partial charge in [0.15, 0.2) is 5.69 Å². The van der Waals surface area contributed by atoms with Crippen LogP contribution >= 0.6 is 11.6 Å². The molecule has 0 aliphatic carbocycles. The predicted molar refractivity (Wildman–Crippen MR) is 95.0 cm³/mol. The van der Waals surface area contributed by atoms with Crippen molar-refractivity contribution < 1.29 is 9.53 Å². The van der Waals surface area contributed by atoms with E-state index in [1.165, 1.54) is 0 Å². The zero-order chi connectivity index (χ0) is 17.1. The highest BCUT2D eigenvalue weighted by atomic mass is 35.5. The van der Waals surface area contributed by atoms with Crippen molar-refractivity contribution in [3.8, 4) is 22.6 Å². The minimum absolute atomic E-state index is 0.270. The van der Waals surface area contributed by atoms with Crippen molar-refractivity contribution in [3.05, 3.63) is 65.3 Å². The standard InChI is InChI=1S/C19H17ClN2O2/c1-3-24-19(23)16-17(14-11-7-8-12-15(14)20)22(2)18(21-16)13-9-5-4-6-10-13/h4-12H,3H2,1-2H3. The van der Waals surface area contributed by atoms with E-state index in [9.17, 15) is 4.79 Å². The molecule has 122 valence electrons. The van der Waals surface area contributed by atoms with E-state index in [0.717, 1.165) is 11.1 Å². The highest BCUT2D eigenvalue weighted by molar-refractivity contribution is 6.33. The Morgan fingerprint density at radius 1 is 1.12 bits per heavy atom. The monoisotopic (exact) mass is 340 g/mol. The number of aromatic nitrogens is 2. The molecule has 0 N–H and O–H groups in total. The van der Waals surface area contributed by atoms with E-state index in [1.807, 2.05) is 60.1 Å². The van der Waals surface area contributed by atoms with Gasteiger partial charge in [0.25, 0.3) is 0 Å². The second-order valence-electron chi connectivity index (χ2n) is 5.26. The van der Waals surface area contributed by atoms with Gasteiger partial charge in [-0.05, 0) is 13.0 Å². The van der Waals surface area contributed by atoms with E-state index in [2.05, 4.69) is 4.98 Å². The van der Waals surface area contributed by atoms with Gasteiger partial charge in [0.05, 0.1) is 12.3 Å². The third-order valence-electron chi connectivity index (χ3n) is 3.72. The van der Waals surface area contributed by atoms with Crippen LogP contribution in [0.25, 0.3) is 22.6 Å². The summed E-state index contributed by atoms with van der Waals surface area (Å²) in [4.78, 5) is 17.0. The molecule has 0 saturated heterocycles. The number of carbonyl (C=O) groups excluding carboxylic acids is 1. The maximum absolute atomic E-state index is 12.4. The number of esters is 1. The van der Waals surface area contributed by atoms with Gasteiger partial charge < -0.3 is 9.30 Å². The zero-order valence-corrected chi connectivity index (χ0v) is 14.2. The summed E-state index contributed by atoms with van der Waals surface area (Å²) in [5, 5.41) is 0.561. The maximum atomic E-state index is 12.4. The highest BCUT2D eigenvalue weighted by Gasteiger charge is 2.24. The number of carbonyl (C=O) groups is 1. The molecule has 3 aromatic rings. The molecule has 0 radical (unpaired) electrons. The fourth-order valence-electron chi connectivity index (χ4n) is 2.65. The van der Waals surface area contributed by atoms with Gasteiger partial charge in [0, 0.05) is 23.2 Å². The van der Waals surface area contributed by atoms with Crippen molar-refractivity contribution in [1.82, 2.24) is 9.55 Å². The molecule has 1 heterocycles. The second-order valence-corrected chi connectivity index (χ2v) is 5.67. The topological polar surface area (TPSA) is 44.1 Å². The third kappa shape index (κ3) is 2.93. The van der Waals surface area contributed by atoms with Gasteiger partial charge in [-0.1, -0.05) is 60.1 Å². The average molecular weight is 341 g/mol. The van der Waals surface area contributed by atoms with Crippen LogP contribution < -0.4 is 0 Å². The lowest BCUT2D eigenvalue weighted by Gasteiger charge is -2.09. The number of hydrogen-bond acceptors (Lipinski definition) is 3. The van der Waals surface area contributed by atoms with Crippen LogP contribution in [0.1, 0.15) is 17.4 Å². The lowest BCUT2D eigenvalue weighted by Crippen LogP contribution is -2.07. The van der Waals surface area contributed by atoms with Gasteiger partial charge in [-0.25, -0.2) is 9.78 Å². The molecule has 0 aliphatic rings. The number of halogens is 1. The highest BCUT2D eigenvalue weighted by Crippen LogP contribution is 2.33. The maximum Gasteiger partial charge on any atom is 0.359 e. The molecule has 0 spiro atoms. The number of ether oxygens (including phenoxy) is 1. The number of imidazole rings is 1. The summed E-state index contributed by atoms with van der Waals surface area (Å²) in [5.41, 5.74) is 2.59. The van der Waals surface area contributed by atoms with E-state index in [4.69, 9.17) is 16.3 Å². The minimum Gasteiger partial charge on any atom is -0.461 e. The zero-order valence-electron chi connectivity index (χ0n) is 13.5. The Kier molecular flexibility index (Phi) is 4.67. The molecule has 0 atom stereocenters. The first-order valence-electron chi connectivity index (χ1n) is 7.67. The first-order chi connectivity index (χ1) is 11.6. The van der Waals surface area contributed by atoms with E-state index in [0.29, 0.717) is 16.5 Å². The smallest absolute Gasteiger partial charge is 0.359 e. The fourth-order valence-corrected chi connectivity index (χ4v) is 2.87. The first-order valence-corrected chi connectivity index (χ1v) is 8.05. The Morgan fingerprint density at radius 3 is 2.46 bits per heavy atom. The lowest BCUT2D eigenvalue weighted by atomic mass is 10.1. The largest absolute Gasteiger partial charge is 0.461 e. The fraction of sp³-hybridized carbons (Fsp3) is 0.158. The van der Waals surface area contributed by atoms with Crippen molar-refractivity contribution in [1.29, 1.82) is 0 Å². The quantitative estimate of drug-likeness (QED) is 0.653. The van der Waals surface area contributed by atoms with Gasteiger partial charge in [-0.15, -0.1) is 0 Å². The number of nitrogens with zero attached hydrogens (tertiary/aromatic N) is 2. The molecule has 4 nitrogen and oxygen atoms in total. The van der Waals surface area contributed by atoms with Crippen LogP contribution in [-0.4, -0.2) is 22.1 Å².